The van der Waals surface area contributed by atoms with Crippen molar-refractivity contribution in [2.75, 3.05) is 22.9 Å². The second-order valence-corrected chi connectivity index (χ2v) is 10.5. The van der Waals surface area contributed by atoms with Crippen LogP contribution in [-0.4, -0.2) is 35.9 Å². The number of H-pyrrole nitrogens is 1. The lowest BCUT2D eigenvalue weighted by atomic mass is 9.93. The Balaban J connectivity index is 1.40. The van der Waals surface area contributed by atoms with E-state index in [0.717, 1.165) is 61.0 Å². The first-order chi connectivity index (χ1) is 19.3. The molecule has 198 valence electrons. The first-order valence-electron chi connectivity index (χ1n) is 13.3. The molecule has 2 aliphatic heterocycles. The van der Waals surface area contributed by atoms with E-state index in [4.69, 9.17) is 5.73 Å². The SMILES string of the molecule is Cc1ccc2c(c1)CN(c1cccc(-c3ccc(C(N)=O)c4[nH]c5cc(N6CCNC6=O)ccc5c34)c1C)C2=O. The number of aromatic amines is 1. The topological polar surface area (TPSA) is 112 Å². The lowest BCUT2D eigenvalue weighted by Gasteiger charge is -2.21. The number of hydrogen-bond acceptors (Lipinski definition) is 3. The van der Waals surface area contributed by atoms with Gasteiger partial charge in [-0.05, 0) is 66.4 Å². The lowest BCUT2D eigenvalue weighted by molar-refractivity contribution is 0.0990. The fourth-order valence-corrected chi connectivity index (χ4v) is 6.17. The number of fused-ring (bicyclic) bond motifs is 4. The van der Waals surface area contributed by atoms with Crippen molar-refractivity contribution in [3.05, 3.63) is 94.5 Å². The highest BCUT2D eigenvalue weighted by molar-refractivity contribution is 6.21. The van der Waals surface area contributed by atoms with Gasteiger partial charge in [0, 0.05) is 46.3 Å². The number of carbonyl (C=O) groups excluding carboxylic acids is 3. The number of amides is 4. The first kappa shape index (κ1) is 24.0. The number of nitrogens with zero attached hydrogens (tertiary/aromatic N) is 2. The van der Waals surface area contributed by atoms with Crippen LogP contribution in [0.5, 0.6) is 0 Å². The molecule has 4 amide bonds. The maximum absolute atomic E-state index is 13.4. The van der Waals surface area contributed by atoms with Crippen LogP contribution in [0.3, 0.4) is 0 Å². The Morgan fingerprint density at radius 3 is 2.50 bits per heavy atom. The number of carbonyl (C=O) groups is 3. The van der Waals surface area contributed by atoms with E-state index >= 15 is 0 Å². The summed E-state index contributed by atoms with van der Waals surface area (Å²) in [7, 11) is 0. The Kier molecular flexibility index (Phi) is 5.22. The van der Waals surface area contributed by atoms with E-state index < -0.39 is 5.91 Å². The summed E-state index contributed by atoms with van der Waals surface area (Å²) >= 11 is 0. The highest BCUT2D eigenvalue weighted by Crippen LogP contribution is 2.41. The third-order valence-corrected chi connectivity index (χ3v) is 8.12. The molecule has 8 nitrogen and oxygen atoms in total. The first-order valence-corrected chi connectivity index (χ1v) is 13.3. The molecule has 40 heavy (non-hydrogen) atoms. The number of rotatable bonds is 4. The van der Waals surface area contributed by atoms with Gasteiger partial charge in [-0.15, -0.1) is 0 Å². The summed E-state index contributed by atoms with van der Waals surface area (Å²) in [5, 5.41) is 4.62. The van der Waals surface area contributed by atoms with Crippen LogP contribution in [0.4, 0.5) is 16.2 Å². The van der Waals surface area contributed by atoms with Crippen LogP contribution in [-0.2, 0) is 6.54 Å². The molecule has 0 radical (unpaired) electrons. The zero-order valence-corrected chi connectivity index (χ0v) is 22.2. The van der Waals surface area contributed by atoms with E-state index in [9.17, 15) is 14.4 Å². The molecule has 0 saturated carbocycles. The molecule has 4 aromatic carbocycles. The van der Waals surface area contributed by atoms with Gasteiger partial charge in [0.15, 0.2) is 0 Å². The number of urea groups is 1. The summed E-state index contributed by atoms with van der Waals surface area (Å²) in [6, 6.07) is 21.3. The summed E-state index contributed by atoms with van der Waals surface area (Å²) in [6.45, 7) is 5.77. The third kappa shape index (κ3) is 3.49. The molecule has 0 unspecified atom stereocenters. The Morgan fingerprint density at radius 1 is 0.900 bits per heavy atom. The Bertz CT molecular complexity index is 1920. The molecule has 2 aliphatic rings. The number of hydrogen-bond donors (Lipinski definition) is 3. The highest BCUT2D eigenvalue weighted by atomic mass is 16.2. The predicted octanol–water partition coefficient (Wildman–Crippen LogP) is 5.39. The van der Waals surface area contributed by atoms with Gasteiger partial charge in [0.2, 0.25) is 0 Å². The molecule has 0 aliphatic carbocycles. The number of benzene rings is 4. The number of nitrogens with one attached hydrogen (secondary N) is 2. The van der Waals surface area contributed by atoms with Crippen LogP contribution < -0.4 is 20.9 Å². The molecule has 4 N–H and O–H groups in total. The molecule has 1 aromatic heterocycles. The Hall–Kier alpha value is -5.11. The van der Waals surface area contributed by atoms with Crippen molar-refractivity contribution in [2.24, 2.45) is 5.73 Å². The van der Waals surface area contributed by atoms with Gasteiger partial charge < -0.3 is 20.9 Å². The van der Waals surface area contributed by atoms with E-state index in [2.05, 4.69) is 16.4 Å². The van der Waals surface area contributed by atoms with Crippen LogP contribution >= 0.6 is 0 Å². The molecule has 8 heteroatoms. The van der Waals surface area contributed by atoms with Crippen molar-refractivity contribution in [2.45, 2.75) is 20.4 Å². The predicted molar refractivity (Wildman–Crippen MR) is 157 cm³/mol. The van der Waals surface area contributed by atoms with Gasteiger partial charge >= 0.3 is 6.03 Å². The summed E-state index contributed by atoms with van der Waals surface area (Å²) in [6.07, 6.45) is 0. The van der Waals surface area contributed by atoms with E-state index in [1.807, 2.05) is 73.3 Å². The molecular formula is C32H27N5O3. The van der Waals surface area contributed by atoms with Crippen molar-refractivity contribution in [3.63, 3.8) is 0 Å². The van der Waals surface area contributed by atoms with E-state index in [1.165, 1.54) is 0 Å². The molecule has 0 atom stereocenters. The van der Waals surface area contributed by atoms with Crippen LogP contribution in [0.25, 0.3) is 32.9 Å². The average Bonchev–Trinajstić information content (AvgIpc) is 3.62. The van der Waals surface area contributed by atoms with Crippen LogP contribution in [0.2, 0.25) is 0 Å². The summed E-state index contributed by atoms with van der Waals surface area (Å²) in [5.41, 5.74) is 15.0. The van der Waals surface area contributed by atoms with Crippen molar-refractivity contribution >= 4 is 51.0 Å². The van der Waals surface area contributed by atoms with Crippen molar-refractivity contribution in [3.8, 4) is 11.1 Å². The monoisotopic (exact) mass is 529 g/mol. The smallest absolute Gasteiger partial charge is 0.321 e. The van der Waals surface area contributed by atoms with Gasteiger partial charge in [-0.2, -0.15) is 0 Å². The van der Waals surface area contributed by atoms with Gasteiger partial charge in [0.1, 0.15) is 0 Å². The lowest BCUT2D eigenvalue weighted by Crippen LogP contribution is -2.27. The normalized spacial score (nSPS) is 14.8. The van der Waals surface area contributed by atoms with Gasteiger partial charge in [-0.3, -0.25) is 14.5 Å². The number of aromatic nitrogens is 1. The largest absolute Gasteiger partial charge is 0.366 e. The van der Waals surface area contributed by atoms with Gasteiger partial charge in [0.05, 0.1) is 17.6 Å². The molecule has 5 aromatic rings. The minimum atomic E-state index is -0.525. The highest BCUT2D eigenvalue weighted by Gasteiger charge is 2.30. The second-order valence-electron chi connectivity index (χ2n) is 10.5. The van der Waals surface area contributed by atoms with E-state index in [1.54, 1.807) is 11.0 Å². The van der Waals surface area contributed by atoms with Gasteiger partial charge in [-0.1, -0.05) is 42.0 Å². The summed E-state index contributed by atoms with van der Waals surface area (Å²) in [5.74, 6) is -0.529. The maximum Gasteiger partial charge on any atom is 0.321 e. The zero-order valence-electron chi connectivity index (χ0n) is 22.2. The minimum Gasteiger partial charge on any atom is -0.366 e. The van der Waals surface area contributed by atoms with Gasteiger partial charge in [-0.25, -0.2) is 4.79 Å². The molecule has 7 rings (SSSR count). The van der Waals surface area contributed by atoms with Crippen LogP contribution in [0, 0.1) is 13.8 Å². The van der Waals surface area contributed by atoms with Crippen LogP contribution in [0.1, 0.15) is 37.4 Å². The number of anilines is 2. The van der Waals surface area contributed by atoms with E-state index in [0.29, 0.717) is 30.7 Å². The maximum atomic E-state index is 13.4. The molecule has 3 heterocycles. The van der Waals surface area contributed by atoms with Crippen molar-refractivity contribution < 1.29 is 14.4 Å². The summed E-state index contributed by atoms with van der Waals surface area (Å²) in [4.78, 5) is 45.0. The Labute approximate surface area is 230 Å². The van der Waals surface area contributed by atoms with Gasteiger partial charge in [0.25, 0.3) is 11.8 Å². The standard InChI is InChI=1S/C32H27N5O3/c1-17-6-8-22-19(14-17)16-37(31(22)39)27-5-3-4-21(18(27)2)23-10-11-25(30(33)38)29-28(23)24-9-7-20(15-26(24)35-29)36-13-12-34-32(36)40/h3-11,14-15,35H,12-13,16H2,1-2H3,(H2,33,38)(H,34,40). The van der Waals surface area contributed by atoms with Crippen LogP contribution in [0.15, 0.2) is 66.7 Å². The fraction of sp³-hybridized carbons (Fsp3) is 0.156. The van der Waals surface area contributed by atoms with E-state index in [-0.39, 0.29) is 11.9 Å². The number of aryl methyl sites for hydroxylation is 1. The van der Waals surface area contributed by atoms with Crippen molar-refractivity contribution in [1.29, 1.82) is 0 Å². The Morgan fingerprint density at radius 2 is 1.73 bits per heavy atom. The molecule has 0 spiro atoms. The number of primary amides is 1. The molecular weight excluding hydrogens is 502 g/mol. The summed E-state index contributed by atoms with van der Waals surface area (Å²) < 4.78 is 0. The number of nitrogens with two attached hydrogens (primary N) is 1. The third-order valence-electron chi connectivity index (χ3n) is 8.12. The minimum absolute atomic E-state index is 0.00459. The molecule has 0 bridgehead atoms. The zero-order chi connectivity index (χ0) is 27.7. The molecule has 1 fully saturated rings. The quantitative estimate of drug-likeness (QED) is 0.290. The average molecular weight is 530 g/mol. The second kappa shape index (κ2) is 8.71. The molecule has 1 saturated heterocycles. The van der Waals surface area contributed by atoms with Crippen molar-refractivity contribution in [1.82, 2.24) is 10.3 Å². The fourth-order valence-electron chi connectivity index (χ4n) is 6.17.